The summed E-state index contributed by atoms with van der Waals surface area (Å²) in [4.78, 5) is 5.68. The highest BCUT2D eigenvalue weighted by Gasteiger charge is 2.48. The molecule has 0 saturated heterocycles. The molecule has 0 spiro atoms. The summed E-state index contributed by atoms with van der Waals surface area (Å²) < 4.78 is 5.29. The SMILES string of the molecule is CC(C)(C)c1ccc(-c2cccc(-c3cc(C(C)(C)C)cc(C(C)(C)C)c3)c2N2c3cc(-c4cc(C(C)(C)C)cc(C(C)(C)C)c4)ccc3B3c4ccc(-n5c6ccc(C(C)(C)C)cc6c6cc(C(C)(C)C)ccc65)cc4N(c4c(-c5ccc(C(C)(C)C)cc5)cccc4-c4c(C(C)(C)C)cccc4C(C)(C)C)c4cc(-n5c6ccc(C(C)(C)C)cc6c6cc(C(C)(C)C)ccc65)cc2c43)cc1. The van der Waals surface area contributed by atoms with E-state index in [1.165, 1.54) is 144 Å². The Morgan fingerprint density at radius 2 is 0.467 bits per heavy atom. The van der Waals surface area contributed by atoms with E-state index in [1.54, 1.807) is 0 Å². The average molecular weight is 1800 g/mol. The van der Waals surface area contributed by atoms with Crippen LogP contribution in [-0.2, 0) is 65.0 Å². The molecule has 4 heterocycles. The number of nitrogens with zero attached hydrogens (tertiary/aromatic N) is 4. The first-order valence-electron chi connectivity index (χ1n) is 50.7. The summed E-state index contributed by atoms with van der Waals surface area (Å²) in [6, 6.07) is 107. The van der Waals surface area contributed by atoms with Gasteiger partial charge in [0.15, 0.2) is 0 Å². The van der Waals surface area contributed by atoms with E-state index >= 15 is 0 Å². The van der Waals surface area contributed by atoms with E-state index < -0.39 is 0 Å². The quantitative estimate of drug-likeness (QED) is 0.134. The molecule has 0 saturated carbocycles. The molecule has 2 aliphatic heterocycles. The third kappa shape index (κ3) is 17.3. The summed E-state index contributed by atoms with van der Waals surface area (Å²) in [5.74, 6) is 0. The molecule has 0 unspecified atom stereocenters. The molecule has 2 aromatic heterocycles. The largest absolute Gasteiger partial charge is 0.310 e. The highest BCUT2D eigenvalue weighted by molar-refractivity contribution is 7.00. The molecule has 0 N–H and O–H groups in total. The zero-order valence-corrected chi connectivity index (χ0v) is 89.7. The molecule has 0 fully saturated rings. The van der Waals surface area contributed by atoms with Crippen LogP contribution in [0.25, 0.3) is 111 Å². The lowest BCUT2D eigenvalue weighted by Crippen LogP contribution is -2.61. The van der Waals surface area contributed by atoms with Crippen LogP contribution in [0.2, 0.25) is 0 Å². The third-order valence-electron chi connectivity index (χ3n) is 30.1. The van der Waals surface area contributed by atoms with Crippen molar-refractivity contribution in [3.8, 4) is 67.0 Å². The maximum Gasteiger partial charge on any atom is 0.252 e. The van der Waals surface area contributed by atoms with Crippen molar-refractivity contribution in [1.82, 2.24) is 9.13 Å². The monoisotopic (exact) mass is 1800 g/mol. The van der Waals surface area contributed by atoms with Gasteiger partial charge in [-0.3, -0.25) is 0 Å². The van der Waals surface area contributed by atoms with Gasteiger partial charge in [0.1, 0.15) is 0 Å². The summed E-state index contributed by atoms with van der Waals surface area (Å²) in [5.41, 5.74) is 42.7. The summed E-state index contributed by atoms with van der Waals surface area (Å²) in [5, 5.41) is 4.99. The van der Waals surface area contributed by atoms with Crippen LogP contribution in [0, 0.1) is 0 Å². The fourth-order valence-electron chi connectivity index (χ4n) is 21.5. The van der Waals surface area contributed by atoms with E-state index in [0.29, 0.717) is 0 Å². The van der Waals surface area contributed by atoms with Crippen LogP contribution in [0.15, 0.2) is 261 Å². The molecule has 14 aromatic carbocycles. The first-order chi connectivity index (χ1) is 63.5. The van der Waals surface area contributed by atoms with E-state index in [4.69, 9.17) is 0 Å². The summed E-state index contributed by atoms with van der Waals surface area (Å²) in [6.45, 7) is 85.3. The van der Waals surface area contributed by atoms with E-state index in [9.17, 15) is 0 Å². The van der Waals surface area contributed by atoms with Crippen molar-refractivity contribution in [2.45, 2.75) is 314 Å². The third-order valence-corrected chi connectivity index (χ3v) is 30.1. The van der Waals surface area contributed by atoms with E-state index in [0.717, 1.165) is 84.3 Å². The van der Waals surface area contributed by atoms with Gasteiger partial charge < -0.3 is 18.9 Å². The number of rotatable bonds is 9. The molecular formula is C132H151BN4. The topological polar surface area (TPSA) is 16.3 Å². The molecular weight excluding hydrogens is 1650 g/mol. The first kappa shape index (κ1) is 95.6. The van der Waals surface area contributed by atoms with Crippen LogP contribution < -0.4 is 26.2 Å². The van der Waals surface area contributed by atoms with Crippen LogP contribution in [0.1, 0.15) is 316 Å². The minimum atomic E-state index is -0.351. The number of para-hydroxylation sites is 2. The maximum absolute atomic E-state index is 2.85. The molecule has 0 bridgehead atoms. The minimum Gasteiger partial charge on any atom is -0.310 e. The fraction of sp³-hybridized carbons (Fsp3) is 0.364. The summed E-state index contributed by atoms with van der Waals surface area (Å²) in [7, 11) is 0. The lowest BCUT2D eigenvalue weighted by Gasteiger charge is -2.46. The van der Waals surface area contributed by atoms with Crippen molar-refractivity contribution >= 4 is 101 Å². The highest BCUT2D eigenvalue weighted by Crippen LogP contribution is 2.58. The molecule has 702 valence electrons. The molecule has 5 heteroatoms. The van der Waals surface area contributed by atoms with Crippen molar-refractivity contribution in [3.05, 3.63) is 328 Å². The molecule has 0 amide bonds. The van der Waals surface area contributed by atoms with Gasteiger partial charge in [-0.15, -0.1) is 0 Å². The zero-order valence-electron chi connectivity index (χ0n) is 89.7. The van der Waals surface area contributed by atoms with Gasteiger partial charge in [-0.1, -0.05) is 431 Å². The number of hydrogen-bond donors (Lipinski definition) is 0. The minimum absolute atomic E-state index is 0.0978. The Kier molecular flexibility index (Phi) is 22.7. The lowest BCUT2D eigenvalue weighted by molar-refractivity contribution is 0.568. The second-order valence-corrected chi connectivity index (χ2v) is 53.0. The van der Waals surface area contributed by atoms with Gasteiger partial charge in [0.05, 0.1) is 39.1 Å². The van der Waals surface area contributed by atoms with Gasteiger partial charge in [0.25, 0.3) is 6.71 Å². The number of fused-ring (bicyclic) bond motifs is 10. The second-order valence-electron chi connectivity index (χ2n) is 53.0. The number of hydrogen-bond acceptors (Lipinski definition) is 2. The Labute approximate surface area is 822 Å². The number of benzene rings is 14. The predicted octanol–water partition coefficient (Wildman–Crippen LogP) is 35.9. The van der Waals surface area contributed by atoms with Crippen LogP contribution in [0.3, 0.4) is 0 Å². The summed E-state index contributed by atoms with van der Waals surface area (Å²) in [6.07, 6.45) is 0. The zero-order chi connectivity index (χ0) is 99.0. The maximum atomic E-state index is 2.85. The Morgan fingerprint density at radius 1 is 0.190 bits per heavy atom. The van der Waals surface area contributed by atoms with Crippen molar-refractivity contribution in [2.24, 2.45) is 0 Å². The van der Waals surface area contributed by atoms with Gasteiger partial charge in [-0.2, -0.15) is 0 Å². The molecule has 0 atom stereocenters. The molecule has 0 aliphatic carbocycles. The summed E-state index contributed by atoms with van der Waals surface area (Å²) >= 11 is 0. The molecule has 137 heavy (non-hydrogen) atoms. The Balaban J connectivity index is 1.11. The van der Waals surface area contributed by atoms with Gasteiger partial charge in [0, 0.05) is 72.2 Å². The average Bonchev–Trinajstić information content (AvgIpc) is 1.47. The van der Waals surface area contributed by atoms with E-state index in [-0.39, 0.29) is 71.7 Å². The Morgan fingerprint density at radius 3 is 0.810 bits per heavy atom. The highest BCUT2D eigenvalue weighted by atomic mass is 15.2. The Bertz CT molecular complexity index is 7280. The van der Waals surface area contributed by atoms with Crippen molar-refractivity contribution in [2.75, 3.05) is 9.80 Å². The van der Waals surface area contributed by atoms with Gasteiger partial charge >= 0.3 is 0 Å². The van der Waals surface area contributed by atoms with Crippen LogP contribution in [0.5, 0.6) is 0 Å². The second kappa shape index (κ2) is 32.5. The van der Waals surface area contributed by atoms with Crippen LogP contribution in [-0.4, -0.2) is 15.8 Å². The number of aromatic nitrogens is 2. The number of anilines is 6. The van der Waals surface area contributed by atoms with Crippen molar-refractivity contribution < 1.29 is 0 Å². The molecule has 16 aromatic rings. The van der Waals surface area contributed by atoms with Crippen LogP contribution >= 0.6 is 0 Å². The molecule has 18 rings (SSSR count). The van der Waals surface area contributed by atoms with Crippen LogP contribution in [0.4, 0.5) is 34.1 Å². The van der Waals surface area contributed by atoms with Gasteiger partial charge in [-0.05, 0) is 260 Å². The van der Waals surface area contributed by atoms with Crippen molar-refractivity contribution in [3.63, 3.8) is 0 Å². The molecule has 0 radical (unpaired) electrons. The lowest BCUT2D eigenvalue weighted by atomic mass is 9.33. The normalized spacial score (nSPS) is 13.9. The first-order valence-corrected chi connectivity index (χ1v) is 50.7. The predicted molar refractivity (Wildman–Crippen MR) is 601 cm³/mol. The van der Waals surface area contributed by atoms with Gasteiger partial charge in [-0.25, -0.2) is 0 Å². The van der Waals surface area contributed by atoms with Crippen molar-refractivity contribution in [1.29, 1.82) is 0 Å². The van der Waals surface area contributed by atoms with E-state index in [1.807, 2.05) is 0 Å². The standard InChI is InChI=1S/C132H151BN4/c1-121(2,3)85-51-46-80(47-52-85)97-40-37-42-99(84-68-93(129(25,26)27)72-94(69-84)130(28,29)30)119(97)136-113-70-82(83-66-91(127(19,20)21)71-92(67-83)128(22,23)24)50-60-107(113)133-108-61-59-95(134-109-62-55-87(123(7,8)9)73-101(109)102-74-88(124(10,11)12)56-63-110(102)134)77-114(108)137(116-79-96(78-115(136)118(116)133)135-111-64-57-89(125(13,14)15)75-103(111)104-76-90(126(16,17)18)58-65-112(104)135)120-98(81-48-53-86(54-49-81)122(4,5)6)41-38-43-100(120)117-105(131(31,32)33)44-39-45-106(117)132(34,35)36/h37-79H,1-36H3. The smallest absolute Gasteiger partial charge is 0.252 e. The Hall–Kier alpha value is -11.7. The van der Waals surface area contributed by atoms with E-state index in [2.05, 4.69) is 529 Å². The molecule has 2 aliphatic rings. The molecule has 4 nitrogen and oxygen atoms in total. The fourth-order valence-corrected chi connectivity index (χ4v) is 21.5. The van der Waals surface area contributed by atoms with Gasteiger partial charge in [0.2, 0.25) is 0 Å².